The molecule has 1 aliphatic carbocycles. The van der Waals surface area contributed by atoms with Crippen LogP contribution >= 0.6 is 77.4 Å². The zero-order valence-corrected chi connectivity index (χ0v) is 85.3. The highest BCUT2D eigenvalue weighted by atomic mass is 32.2. The van der Waals surface area contributed by atoms with Crippen LogP contribution < -0.4 is 45.2 Å². The van der Waals surface area contributed by atoms with Gasteiger partial charge in [-0.1, -0.05) is 159 Å². The van der Waals surface area contributed by atoms with E-state index in [1.165, 1.54) is 104 Å². The first kappa shape index (κ1) is 114. The van der Waals surface area contributed by atoms with E-state index in [4.69, 9.17) is 78.1 Å². The van der Waals surface area contributed by atoms with Gasteiger partial charge in [-0.3, -0.25) is 76.6 Å². The standard InChI is InChI=1S/C24H25FN5O6PS.C22H27FN5O6PS.C22H29FN5O6PS.C21H25FN5O6PS/c25-19-8-4-5-17(13-19)14-36-37(33,35-11-12-38-23(32)18-6-2-1-3-7-18)16-34-10-9-30-15-27-20-21(30)28-24(26)29-22(20)31;23-17-6-1-3-15(11-17)12-34-35(31,33-9-10-36-21(30)16-4-2-5-16)14-32-8-7-28-13-25-18-19(28)26-22(24)27-20(18)29;1-22(2,3)20(30)36-10-9-33-35(31,34-12-15-5-4-6-16(23)11-15)14-32-8-7-28-13-25-17-18(28)26-21(24)27-19(17)29;1-2-4-17(28)35-10-9-32-34(30,33-12-15-5-3-6-16(22)11-15)14-31-8-7-27-13-24-18-19(27)25-21(23)26-20(18)29/h1-8,13,15H,9-12,14,16H2,(H3,26,28,29,31);1,3,6,11,13,16H,2,4-5,7-10,12,14H2,(H3,24,26,27,29);4-6,11,13H,7-10,12,14H2,1-3H3,(H3,24,26,27,29);2-3,5-6,11,13H,1,4,7-10,12,14H2,(H3,23,25,26,29). The van der Waals surface area contributed by atoms with E-state index in [-0.39, 0.29) is 238 Å². The predicted octanol–water partition coefficient (Wildman–Crippen LogP) is 13.7. The molecule has 13 aromatic rings. The first-order chi connectivity index (χ1) is 69.4. The first-order valence-corrected chi connectivity index (χ1v) is 55.2. The Labute approximate surface area is 842 Å². The Morgan fingerprint density at radius 1 is 0.414 bits per heavy atom. The van der Waals surface area contributed by atoms with E-state index in [0.717, 1.165) is 66.3 Å². The number of halogens is 4. The number of nitrogen functional groups attached to an aromatic ring is 4. The summed E-state index contributed by atoms with van der Waals surface area (Å²) in [6.07, 6.45) is 8.83. The van der Waals surface area contributed by atoms with Crippen molar-refractivity contribution in [3.8, 4) is 0 Å². The molecule has 4 unspecified atom stereocenters. The van der Waals surface area contributed by atoms with Crippen LogP contribution in [0.4, 0.5) is 41.4 Å². The van der Waals surface area contributed by atoms with Crippen LogP contribution in [0.3, 0.4) is 0 Å². The van der Waals surface area contributed by atoms with E-state index >= 15 is 0 Å². The summed E-state index contributed by atoms with van der Waals surface area (Å²) in [7, 11) is -15.0. The van der Waals surface area contributed by atoms with Gasteiger partial charge in [-0.25, -0.2) is 37.5 Å². The third kappa shape index (κ3) is 36.9. The van der Waals surface area contributed by atoms with Crippen LogP contribution in [0.1, 0.15) is 79.1 Å². The van der Waals surface area contributed by atoms with Crippen molar-refractivity contribution in [2.45, 2.75) is 99.1 Å². The number of H-pyrrole nitrogens is 4. The molecule has 4 atom stereocenters. The lowest BCUT2D eigenvalue weighted by Gasteiger charge is -2.23. The van der Waals surface area contributed by atoms with E-state index in [1.807, 2.05) is 26.8 Å². The highest BCUT2D eigenvalue weighted by Gasteiger charge is 2.33. The molecule has 8 heterocycles. The molecule has 0 saturated heterocycles. The number of nitrogens with two attached hydrogens (primary N) is 4. The van der Waals surface area contributed by atoms with Gasteiger partial charge in [-0.15, -0.1) is 6.58 Å². The van der Waals surface area contributed by atoms with Crippen LogP contribution in [0.25, 0.3) is 44.7 Å². The van der Waals surface area contributed by atoms with Crippen molar-refractivity contribution in [1.29, 1.82) is 0 Å². The molecule has 8 aromatic heterocycles. The van der Waals surface area contributed by atoms with Crippen LogP contribution in [-0.4, -0.2) is 200 Å². The molecule has 0 amide bonds. The molecule has 778 valence electrons. The van der Waals surface area contributed by atoms with Crippen molar-refractivity contribution < 1.29 is 110 Å². The van der Waals surface area contributed by atoms with Gasteiger partial charge in [0.25, 0.3) is 22.2 Å². The average Bonchev–Trinajstić information content (AvgIpc) is 1.67. The first-order valence-electron chi connectivity index (χ1n) is 44.4. The smallest absolute Gasteiger partial charge is 0.356 e. The Balaban J connectivity index is 0.000000184. The molecule has 0 spiro atoms. The number of nitrogens with zero attached hydrogens (tertiary/aromatic N) is 12. The van der Waals surface area contributed by atoms with E-state index < -0.39 is 81.3 Å². The molecular weight excluding hydrogens is 2060 g/mol. The molecule has 56 heteroatoms. The van der Waals surface area contributed by atoms with Gasteiger partial charge in [0.2, 0.25) is 28.9 Å². The number of thioether (sulfide) groups is 4. The summed E-state index contributed by atoms with van der Waals surface area (Å²) >= 11 is 4.31. The normalized spacial score (nSPS) is 13.8. The predicted molar refractivity (Wildman–Crippen MR) is 540 cm³/mol. The number of imidazole rings is 4. The number of carbonyl (C=O) groups is 4. The highest BCUT2D eigenvalue weighted by Crippen LogP contribution is 2.52. The van der Waals surface area contributed by atoms with Crippen LogP contribution in [0.2, 0.25) is 0 Å². The Bertz CT molecular complexity index is 7040. The number of hydrogen-bond donors (Lipinski definition) is 8. The van der Waals surface area contributed by atoms with Crippen LogP contribution in [0.5, 0.6) is 0 Å². The molecular formula is C89H106F4N20O24P4S4. The van der Waals surface area contributed by atoms with E-state index in [2.05, 4.69) is 66.4 Å². The van der Waals surface area contributed by atoms with Crippen molar-refractivity contribution >= 4 is 166 Å². The second-order valence-electron chi connectivity index (χ2n) is 32.2. The van der Waals surface area contributed by atoms with Gasteiger partial charge < -0.3 is 96.3 Å². The van der Waals surface area contributed by atoms with E-state index in [1.54, 1.807) is 66.8 Å². The second-order valence-corrected chi connectivity index (χ2v) is 44.6. The topological polar surface area (TPSA) is 606 Å². The van der Waals surface area contributed by atoms with Crippen LogP contribution in [0.15, 0.2) is 185 Å². The summed E-state index contributed by atoms with van der Waals surface area (Å²) in [6.45, 7) is 9.59. The van der Waals surface area contributed by atoms with E-state index in [0.29, 0.717) is 44.9 Å². The minimum Gasteiger partial charge on any atom is -0.369 e. The molecule has 12 N–H and O–H groups in total. The number of nitrogens with one attached hydrogen (secondary N) is 4. The van der Waals surface area contributed by atoms with Gasteiger partial charge in [0.1, 0.15) is 48.7 Å². The minimum absolute atomic E-state index is 0.00555. The molecule has 0 bridgehead atoms. The maximum absolute atomic E-state index is 13.5. The lowest BCUT2D eigenvalue weighted by Crippen LogP contribution is -2.20. The zero-order valence-electron chi connectivity index (χ0n) is 78.5. The monoisotopic (exact) mass is 2170 g/mol. The van der Waals surface area contributed by atoms with Gasteiger partial charge in [-0.05, 0) is 83.6 Å². The number of carbonyl (C=O) groups excluding carboxylic acids is 4. The fraction of sp³-hybridized carbons (Fsp3) is 0.371. The number of allylic oxidation sites excluding steroid dienone is 1. The van der Waals surface area contributed by atoms with Crippen molar-refractivity contribution in [3.05, 3.63) is 258 Å². The van der Waals surface area contributed by atoms with Gasteiger partial charge in [0.05, 0.1) is 105 Å². The highest BCUT2D eigenvalue weighted by molar-refractivity contribution is 8.14. The maximum Gasteiger partial charge on any atom is 0.356 e. The second kappa shape index (κ2) is 56.0. The van der Waals surface area contributed by atoms with Crippen molar-refractivity contribution in [1.82, 2.24) is 78.1 Å². The summed E-state index contributed by atoms with van der Waals surface area (Å²) in [5.74, 6) is -0.705. The number of rotatable bonds is 52. The molecule has 145 heavy (non-hydrogen) atoms. The van der Waals surface area contributed by atoms with Crippen molar-refractivity contribution in [2.24, 2.45) is 11.3 Å². The van der Waals surface area contributed by atoms with Crippen molar-refractivity contribution in [2.75, 3.05) is 124 Å². The third-order valence-corrected chi connectivity index (χ3v) is 30.3. The average molecular weight is 2170 g/mol. The number of ether oxygens (including phenoxy) is 4. The minimum atomic E-state index is -3.79. The zero-order chi connectivity index (χ0) is 104. The molecule has 5 aromatic carbocycles. The van der Waals surface area contributed by atoms with E-state index in [9.17, 15) is 74.2 Å². The Morgan fingerprint density at radius 2 is 0.710 bits per heavy atom. The number of fused-ring (bicyclic) bond motifs is 4. The van der Waals surface area contributed by atoms with Crippen LogP contribution in [0, 0.1) is 34.6 Å². The maximum atomic E-state index is 13.5. The van der Waals surface area contributed by atoms with Gasteiger partial charge >= 0.3 is 30.4 Å². The van der Waals surface area contributed by atoms with Gasteiger partial charge in [-0.2, -0.15) is 19.9 Å². The number of anilines is 4. The fourth-order valence-corrected chi connectivity index (χ4v) is 21.2. The molecule has 44 nitrogen and oxygen atoms in total. The molecule has 1 saturated carbocycles. The summed E-state index contributed by atoms with van der Waals surface area (Å²) in [4.78, 5) is 138. The molecule has 0 aliphatic heterocycles. The summed E-state index contributed by atoms with van der Waals surface area (Å²) in [5, 5.41) is -0.117. The summed E-state index contributed by atoms with van der Waals surface area (Å²) < 4.78 is 180. The number of benzene rings is 5. The Hall–Kier alpha value is -11.3. The van der Waals surface area contributed by atoms with Gasteiger partial charge in [0, 0.05) is 72.5 Å². The van der Waals surface area contributed by atoms with Crippen molar-refractivity contribution in [3.63, 3.8) is 0 Å². The Morgan fingerprint density at radius 3 is 0.993 bits per heavy atom. The third-order valence-electron chi connectivity index (χ3n) is 20.0. The summed E-state index contributed by atoms with van der Waals surface area (Å²) in [6, 6.07) is 31.7. The fourth-order valence-electron chi connectivity index (χ4n) is 12.6. The lowest BCUT2D eigenvalue weighted by molar-refractivity contribution is -0.117. The largest absolute Gasteiger partial charge is 0.369 e. The lowest BCUT2D eigenvalue weighted by atomic mass is 9.87. The SMILES string of the molecule is C=CCC(=O)SCCOP(=O)(COCCn1cnc2c(=O)[nH]c(N)nc21)OCc1cccc(F)c1.CC(C)(C)C(=O)SCCOP(=O)(COCCn1cnc2c(=O)[nH]c(N)nc21)OCc1cccc(F)c1.Nc1nc2c(ncn2CCOCP(=O)(OCCSC(=O)C2CCC2)OCc2cccc(F)c2)c(=O)[nH]1.Nc1nc2c(ncn2CCOCP(=O)(OCCSC(=O)c2ccccc2)OCc2cccc(F)c2)c(=O)[nH]1. The van der Waals surface area contributed by atoms with Crippen LogP contribution in [-0.2, 0) is 140 Å². The molecule has 1 fully saturated rings. The number of hydrogen-bond acceptors (Lipinski definition) is 40. The molecule has 0 radical (unpaired) electrons. The van der Waals surface area contributed by atoms with Gasteiger partial charge in [0.15, 0.2) is 60.0 Å². The quantitative estimate of drug-likeness (QED) is 0.00759. The molecule has 1 aliphatic rings. The summed E-state index contributed by atoms with van der Waals surface area (Å²) in [5.41, 5.74) is 24.3. The Kier molecular flexibility index (Phi) is 44.0. The number of aromatic nitrogens is 16. The number of aromatic amines is 4. The molecule has 14 rings (SSSR count).